The van der Waals surface area contributed by atoms with Crippen LogP contribution in [0.5, 0.6) is 0 Å². The Kier molecular flexibility index (Phi) is 4.53. The summed E-state index contributed by atoms with van der Waals surface area (Å²) in [6.07, 6.45) is 0. The van der Waals surface area contributed by atoms with E-state index in [1.807, 2.05) is 26.0 Å². The van der Waals surface area contributed by atoms with Gasteiger partial charge in [-0.1, -0.05) is 37.7 Å². The first-order valence-corrected chi connectivity index (χ1v) is 9.62. The van der Waals surface area contributed by atoms with Crippen molar-refractivity contribution < 1.29 is 4.79 Å². The lowest BCUT2D eigenvalue weighted by Gasteiger charge is -2.07. The molecule has 2 aromatic heterocycles. The van der Waals surface area contributed by atoms with Crippen LogP contribution in [0.1, 0.15) is 35.9 Å². The van der Waals surface area contributed by atoms with E-state index in [9.17, 15) is 4.79 Å². The molecule has 0 saturated heterocycles. The average molecular weight is 381 g/mol. The lowest BCUT2D eigenvalue weighted by Crippen LogP contribution is -2.27. The van der Waals surface area contributed by atoms with E-state index in [0.29, 0.717) is 39.1 Å². The molecular formula is C18H19N7OS. The molecule has 138 valence electrons. The molecule has 3 heterocycles. The number of hydrogen-bond donors (Lipinski definition) is 3. The largest absolute Gasteiger partial charge is 0.383 e. The van der Waals surface area contributed by atoms with Crippen molar-refractivity contribution in [1.82, 2.24) is 25.5 Å². The number of rotatable bonds is 3. The lowest BCUT2D eigenvalue weighted by molar-refractivity contribution is 0.0978. The van der Waals surface area contributed by atoms with Gasteiger partial charge in [-0.2, -0.15) is 5.10 Å². The molecule has 0 radical (unpaired) electrons. The number of amides is 1. The Hall–Kier alpha value is -2.94. The number of thioether (sulfide) groups is 1. The molecule has 1 aliphatic rings. The van der Waals surface area contributed by atoms with Crippen molar-refractivity contribution in [3.8, 4) is 11.3 Å². The normalized spacial score (nSPS) is 14.0. The minimum absolute atomic E-state index is 0.153. The molecule has 0 saturated carbocycles. The summed E-state index contributed by atoms with van der Waals surface area (Å²) in [5.41, 5.74) is 8.71. The van der Waals surface area contributed by atoms with Gasteiger partial charge >= 0.3 is 0 Å². The number of nitrogens with one attached hydrogen (secondary N) is 2. The fourth-order valence-electron chi connectivity index (χ4n) is 2.83. The van der Waals surface area contributed by atoms with E-state index in [1.165, 1.54) is 0 Å². The number of nitrogens with zero attached hydrogens (tertiary/aromatic N) is 4. The number of anilines is 1. The fraction of sp³-hybridized carbons (Fsp3) is 0.278. The molecule has 27 heavy (non-hydrogen) atoms. The molecule has 8 nitrogen and oxygen atoms in total. The highest BCUT2D eigenvalue weighted by Gasteiger charge is 2.18. The van der Waals surface area contributed by atoms with Crippen LogP contribution in [0, 0.1) is 0 Å². The molecule has 4 rings (SSSR count). The summed E-state index contributed by atoms with van der Waals surface area (Å²) in [4.78, 5) is 25.6. The Morgan fingerprint density at radius 1 is 1.33 bits per heavy atom. The maximum atomic E-state index is 12.5. The Morgan fingerprint density at radius 2 is 2.19 bits per heavy atom. The molecule has 0 atom stereocenters. The summed E-state index contributed by atoms with van der Waals surface area (Å²) in [6.45, 7) is 4.74. The van der Waals surface area contributed by atoms with Crippen LogP contribution in [0.4, 0.5) is 5.82 Å². The number of nitrogens with two attached hydrogens (primary N) is 1. The molecule has 0 bridgehead atoms. The van der Waals surface area contributed by atoms with Crippen LogP contribution in [-0.4, -0.2) is 43.5 Å². The van der Waals surface area contributed by atoms with Crippen molar-refractivity contribution in [3.63, 3.8) is 0 Å². The first-order chi connectivity index (χ1) is 13.0. The quantitative estimate of drug-likeness (QED) is 0.641. The molecule has 0 aliphatic carbocycles. The maximum Gasteiger partial charge on any atom is 0.257 e. The zero-order valence-electron chi connectivity index (χ0n) is 15.0. The number of aromatic nitrogens is 4. The van der Waals surface area contributed by atoms with Gasteiger partial charge in [-0.3, -0.25) is 14.9 Å². The van der Waals surface area contributed by atoms with Crippen molar-refractivity contribution in [2.24, 2.45) is 4.99 Å². The molecule has 1 amide bonds. The predicted molar refractivity (Wildman–Crippen MR) is 108 cm³/mol. The number of aliphatic imine (C=N–C) groups is 1. The van der Waals surface area contributed by atoms with Gasteiger partial charge in [0.15, 0.2) is 10.8 Å². The van der Waals surface area contributed by atoms with Gasteiger partial charge in [0.1, 0.15) is 11.6 Å². The van der Waals surface area contributed by atoms with Gasteiger partial charge in [-0.15, -0.1) is 0 Å². The van der Waals surface area contributed by atoms with E-state index < -0.39 is 0 Å². The Balaban J connectivity index is 1.70. The zero-order valence-corrected chi connectivity index (χ0v) is 15.8. The second-order valence-corrected chi connectivity index (χ2v) is 7.57. The Morgan fingerprint density at radius 3 is 2.93 bits per heavy atom. The van der Waals surface area contributed by atoms with E-state index in [0.717, 1.165) is 17.9 Å². The smallest absolute Gasteiger partial charge is 0.257 e. The van der Waals surface area contributed by atoms with Gasteiger partial charge in [0.25, 0.3) is 5.91 Å². The number of benzene rings is 1. The number of H-pyrrole nitrogens is 1. The lowest BCUT2D eigenvalue weighted by atomic mass is 10.1. The molecule has 0 unspecified atom stereocenters. The summed E-state index contributed by atoms with van der Waals surface area (Å²) < 4.78 is 0. The maximum absolute atomic E-state index is 12.5. The predicted octanol–water partition coefficient (Wildman–Crippen LogP) is 2.56. The highest BCUT2D eigenvalue weighted by atomic mass is 32.2. The van der Waals surface area contributed by atoms with E-state index in [4.69, 9.17) is 5.73 Å². The number of nitrogen functional groups attached to an aromatic ring is 1. The zero-order chi connectivity index (χ0) is 19.0. The SMILES string of the molecule is CC(C)c1nc(N)c2c(-c3cccc(C(=O)NC4=NCCS4)c3)[nH]nc2n1. The van der Waals surface area contributed by atoms with Crippen molar-refractivity contribution in [1.29, 1.82) is 0 Å². The van der Waals surface area contributed by atoms with Crippen molar-refractivity contribution >= 4 is 39.7 Å². The van der Waals surface area contributed by atoms with E-state index >= 15 is 0 Å². The number of fused-ring (bicyclic) bond motifs is 1. The monoisotopic (exact) mass is 381 g/mol. The van der Waals surface area contributed by atoms with E-state index in [-0.39, 0.29) is 11.8 Å². The van der Waals surface area contributed by atoms with E-state index in [2.05, 4.69) is 30.5 Å². The number of amidine groups is 1. The van der Waals surface area contributed by atoms with Gasteiger partial charge < -0.3 is 11.1 Å². The average Bonchev–Trinajstić information content (AvgIpc) is 3.31. The van der Waals surface area contributed by atoms with Crippen LogP contribution in [0.15, 0.2) is 29.3 Å². The molecule has 4 N–H and O–H groups in total. The number of carbonyl (C=O) groups is 1. The Labute approximate surface area is 160 Å². The third kappa shape index (κ3) is 3.37. The highest BCUT2D eigenvalue weighted by Crippen LogP contribution is 2.30. The number of aromatic amines is 1. The van der Waals surface area contributed by atoms with Gasteiger partial charge in [-0.05, 0) is 12.1 Å². The Bertz CT molecular complexity index is 1060. The van der Waals surface area contributed by atoms with Crippen molar-refractivity contribution in [2.75, 3.05) is 18.0 Å². The summed E-state index contributed by atoms with van der Waals surface area (Å²) >= 11 is 1.54. The second kappa shape index (κ2) is 6.99. The molecule has 0 fully saturated rings. The standard InChI is InChI=1S/C18H19N7OS/c1-9(2)15-21-14(19)12-13(24-25-16(12)22-15)10-4-3-5-11(8-10)17(26)23-18-20-6-7-27-18/h3-5,8-9H,6-7H2,1-2H3,(H,20,23,26)(H3,19,21,22,24,25). The van der Waals surface area contributed by atoms with Crippen LogP contribution in [0.25, 0.3) is 22.3 Å². The third-order valence-electron chi connectivity index (χ3n) is 4.19. The second-order valence-electron chi connectivity index (χ2n) is 6.49. The van der Waals surface area contributed by atoms with Crippen LogP contribution in [-0.2, 0) is 0 Å². The number of carbonyl (C=O) groups excluding carboxylic acids is 1. The molecular weight excluding hydrogens is 362 g/mol. The minimum atomic E-state index is -0.194. The van der Waals surface area contributed by atoms with E-state index in [1.54, 1.807) is 23.9 Å². The van der Waals surface area contributed by atoms with Crippen molar-refractivity contribution in [3.05, 3.63) is 35.7 Å². The number of hydrogen-bond acceptors (Lipinski definition) is 7. The van der Waals surface area contributed by atoms with Crippen LogP contribution in [0.3, 0.4) is 0 Å². The van der Waals surface area contributed by atoms with Gasteiger partial charge in [0, 0.05) is 22.8 Å². The summed E-state index contributed by atoms with van der Waals surface area (Å²) in [5, 5.41) is 11.4. The van der Waals surface area contributed by atoms with Gasteiger partial charge in [0.2, 0.25) is 0 Å². The molecule has 1 aromatic carbocycles. The minimum Gasteiger partial charge on any atom is -0.383 e. The van der Waals surface area contributed by atoms with Gasteiger partial charge in [-0.25, -0.2) is 9.97 Å². The summed E-state index contributed by atoms with van der Waals surface area (Å²) in [6, 6.07) is 7.26. The van der Waals surface area contributed by atoms with Crippen LogP contribution < -0.4 is 11.1 Å². The third-order valence-corrected chi connectivity index (χ3v) is 5.09. The highest BCUT2D eigenvalue weighted by molar-refractivity contribution is 8.14. The van der Waals surface area contributed by atoms with Crippen LogP contribution in [0.2, 0.25) is 0 Å². The first-order valence-electron chi connectivity index (χ1n) is 8.63. The summed E-state index contributed by atoms with van der Waals surface area (Å²) in [5.74, 6) is 1.88. The molecule has 9 heteroatoms. The van der Waals surface area contributed by atoms with Crippen molar-refractivity contribution in [2.45, 2.75) is 19.8 Å². The first kappa shape index (κ1) is 17.5. The molecule has 3 aromatic rings. The summed E-state index contributed by atoms with van der Waals surface area (Å²) in [7, 11) is 0. The molecule has 0 spiro atoms. The van der Waals surface area contributed by atoms with Gasteiger partial charge in [0.05, 0.1) is 17.6 Å². The molecule has 1 aliphatic heterocycles. The van der Waals surface area contributed by atoms with Crippen LogP contribution >= 0.6 is 11.8 Å². The fourth-order valence-corrected chi connectivity index (χ4v) is 3.56. The topological polar surface area (TPSA) is 122 Å².